The van der Waals surface area contributed by atoms with Gasteiger partial charge in [0.25, 0.3) is 0 Å². The van der Waals surface area contributed by atoms with E-state index >= 15 is 0 Å². The first-order valence-electron chi connectivity index (χ1n) is 7.28. The molecule has 2 aromatic heterocycles. The van der Waals surface area contributed by atoms with Crippen LogP contribution in [0.4, 0.5) is 0 Å². The minimum Gasteiger partial charge on any atom is -0.768 e. The van der Waals surface area contributed by atoms with Crippen molar-refractivity contribution < 1.29 is 18.1 Å². The van der Waals surface area contributed by atoms with Gasteiger partial charge in [0.05, 0.1) is 6.54 Å². The molecular formula is C14H15N4O4S-. The Morgan fingerprint density at radius 1 is 1.30 bits per heavy atom. The summed E-state index contributed by atoms with van der Waals surface area (Å²) in [4.78, 5) is 21.8. The van der Waals surface area contributed by atoms with Crippen LogP contribution in [0.5, 0.6) is 0 Å². The van der Waals surface area contributed by atoms with Crippen LogP contribution in [0.15, 0.2) is 27.9 Å². The second-order valence-corrected chi connectivity index (χ2v) is 6.22. The van der Waals surface area contributed by atoms with Crippen molar-refractivity contribution in [1.29, 1.82) is 0 Å². The van der Waals surface area contributed by atoms with Gasteiger partial charge >= 0.3 is 0 Å². The zero-order chi connectivity index (χ0) is 16.2. The van der Waals surface area contributed by atoms with E-state index in [-0.39, 0.29) is 23.2 Å². The molecule has 0 radical (unpaired) electrons. The monoisotopic (exact) mass is 335 g/mol. The van der Waals surface area contributed by atoms with Crippen LogP contribution in [-0.2, 0) is 22.4 Å². The lowest BCUT2D eigenvalue weighted by atomic mass is 10.2. The quantitative estimate of drug-likeness (QED) is 0.773. The molecule has 1 atom stereocenters. The highest BCUT2D eigenvalue weighted by atomic mass is 32.2. The molecule has 1 saturated heterocycles. The van der Waals surface area contributed by atoms with Crippen LogP contribution < -0.4 is 0 Å². The summed E-state index contributed by atoms with van der Waals surface area (Å²) >= 11 is -2.37. The number of carbonyl (C=O) groups is 1. The Morgan fingerprint density at radius 3 is 3.00 bits per heavy atom. The van der Waals surface area contributed by atoms with Gasteiger partial charge in [-0.3, -0.25) is 14.0 Å². The molecule has 0 bridgehead atoms. The molecule has 3 rings (SSSR count). The van der Waals surface area contributed by atoms with Crippen LogP contribution in [0.1, 0.15) is 31.6 Å². The third kappa shape index (κ3) is 3.80. The number of likely N-dealkylation sites (tertiary alicyclic amines) is 1. The fourth-order valence-corrected chi connectivity index (χ4v) is 2.81. The first kappa shape index (κ1) is 15.8. The summed E-state index contributed by atoms with van der Waals surface area (Å²) in [5.41, 5.74) is 0.448. The third-order valence-electron chi connectivity index (χ3n) is 3.63. The van der Waals surface area contributed by atoms with E-state index in [9.17, 15) is 13.6 Å². The highest BCUT2D eigenvalue weighted by molar-refractivity contribution is 7.79. The molecule has 23 heavy (non-hydrogen) atoms. The van der Waals surface area contributed by atoms with Gasteiger partial charge in [-0.25, -0.2) is 0 Å². The van der Waals surface area contributed by atoms with Gasteiger partial charge in [0.15, 0.2) is 0 Å². The van der Waals surface area contributed by atoms with Crippen molar-refractivity contribution in [2.75, 3.05) is 6.54 Å². The van der Waals surface area contributed by atoms with Crippen LogP contribution in [0.2, 0.25) is 0 Å². The van der Waals surface area contributed by atoms with E-state index in [1.54, 1.807) is 4.90 Å². The lowest BCUT2D eigenvalue weighted by Gasteiger charge is -2.17. The summed E-state index contributed by atoms with van der Waals surface area (Å²) in [7, 11) is 0. The molecule has 122 valence electrons. The number of rotatable bonds is 4. The Bertz CT molecular complexity index is 733. The van der Waals surface area contributed by atoms with E-state index in [1.165, 1.54) is 18.5 Å². The van der Waals surface area contributed by atoms with Gasteiger partial charge in [-0.15, -0.1) is 0 Å². The molecule has 1 aliphatic rings. The molecule has 0 saturated carbocycles. The predicted molar refractivity (Wildman–Crippen MR) is 78.6 cm³/mol. The fourth-order valence-electron chi connectivity index (χ4n) is 2.44. The average Bonchev–Trinajstić information content (AvgIpc) is 2.92. The van der Waals surface area contributed by atoms with Crippen LogP contribution in [0.3, 0.4) is 0 Å². The first-order chi connectivity index (χ1) is 11.1. The summed E-state index contributed by atoms with van der Waals surface area (Å²) in [6.07, 6.45) is 6.17. The molecule has 1 fully saturated rings. The topological polar surface area (TPSA) is 112 Å². The Hall–Kier alpha value is -2.13. The SMILES string of the molecule is O=C1CCCCCN1Cc1nc(-c2cncc(S(=O)[O-])c2)no1. The normalized spacial score (nSPS) is 17.1. The molecular weight excluding hydrogens is 320 g/mol. The lowest BCUT2D eigenvalue weighted by molar-refractivity contribution is -0.131. The van der Waals surface area contributed by atoms with Crippen molar-refractivity contribution in [3.05, 3.63) is 24.4 Å². The average molecular weight is 335 g/mol. The predicted octanol–water partition coefficient (Wildman–Crippen LogP) is 1.27. The summed E-state index contributed by atoms with van der Waals surface area (Å²) in [5, 5.41) is 3.84. The highest BCUT2D eigenvalue weighted by Crippen LogP contribution is 2.19. The maximum absolute atomic E-state index is 12.0. The second kappa shape index (κ2) is 6.97. The van der Waals surface area contributed by atoms with Gasteiger partial charge in [0.2, 0.25) is 17.6 Å². The molecule has 1 amide bonds. The van der Waals surface area contributed by atoms with E-state index in [0.29, 0.717) is 24.4 Å². The van der Waals surface area contributed by atoms with E-state index in [0.717, 1.165) is 19.3 Å². The zero-order valence-corrected chi connectivity index (χ0v) is 13.1. The molecule has 0 aliphatic carbocycles. The summed E-state index contributed by atoms with van der Waals surface area (Å²) in [6.45, 7) is 0.954. The molecule has 0 N–H and O–H groups in total. The van der Waals surface area contributed by atoms with E-state index in [2.05, 4.69) is 15.1 Å². The summed E-state index contributed by atoms with van der Waals surface area (Å²) in [6, 6.07) is 1.42. The number of hydrogen-bond donors (Lipinski definition) is 0. The van der Waals surface area contributed by atoms with Gasteiger partial charge < -0.3 is 14.0 Å². The van der Waals surface area contributed by atoms with Crippen LogP contribution >= 0.6 is 0 Å². The maximum atomic E-state index is 12.0. The smallest absolute Gasteiger partial charge is 0.246 e. The minimum absolute atomic E-state index is 0.0524. The number of pyridine rings is 1. The fraction of sp³-hybridized carbons (Fsp3) is 0.429. The van der Waals surface area contributed by atoms with Gasteiger partial charge in [0, 0.05) is 35.8 Å². The molecule has 2 aromatic rings. The van der Waals surface area contributed by atoms with Crippen molar-refractivity contribution >= 4 is 17.0 Å². The highest BCUT2D eigenvalue weighted by Gasteiger charge is 2.20. The van der Waals surface area contributed by atoms with Crippen molar-refractivity contribution in [3.63, 3.8) is 0 Å². The molecule has 3 heterocycles. The second-order valence-electron chi connectivity index (χ2n) is 5.28. The number of hydrogen-bond acceptors (Lipinski definition) is 7. The van der Waals surface area contributed by atoms with Crippen molar-refractivity contribution in [1.82, 2.24) is 20.0 Å². The summed E-state index contributed by atoms with van der Waals surface area (Å²) < 4.78 is 27.1. The van der Waals surface area contributed by atoms with Crippen molar-refractivity contribution in [3.8, 4) is 11.4 Å². The lowest BCUT2D eigenvalue weighted by Crippen LogP contribution is -2.29. The van der Waals surface area contributed by atoms with Gasteiger partial charge in [-0.2, -0.15) is 4.98 Å². The molecule has 8 nitrogen and oxygen atoms in total. The first-order valence-corrected chi connectivity index (χ1v) is 8.36. The van der Waals surface area contributed by atoms with Crippen molar-refractivity contribution in [2.24, 2.45) is 0 Å². The van der Waals surface area contributed by atoms with E-state index in [1.807, 2.05) is 0 Å². The largest absolute Gasteiger partial charge is 0.768 e. The van der Waals surface area contributed by atoms with E-state index in [4.69, 9.17) is 4.52 Å². The molecule has 9 heteroatoms. The number of aromatic nitrogens is 3. The summed E-state index contributed by atoms with van der Waals surface area (Å²) in [5.74, 6) is 0.665. The van der Waals surface area contributed by atoms with Gasteiger partial charge in [0.1, 0.15) is 0 Å². The van der Waals surface area contributed by atoms with Crippen LogP contribution in [0, 0.1) is 0 Å². The maximum Gasteiger partial charge on any atom is 0.246 e. The molecule has 0 aromatic carbocycles. The van der Waals surface area contributed by atoms with Crippen molar-refractivity contribution in [2.45, 2.75) is 37.1 Å². The number of amides is 1. The molecule has 1 unspecified atom stereocenters. The standard InChI is InChI=1S/C14H16N4O4S/c19-13-4-2-1-3-5-18(13)9-12-16-14(17-22-12)10-6-11(23(20)21)8-15-7-10/h6-8H,1-5,9H2,(H,20,21)/p-1. The van der Waals surface area contributed by atoms with Crippen LogP contribution in [0.25, 0.3) is 11.4 Å². The molecule has 0 spiro atoms. The Labute approximate surface area is 135 Å². The Kier molecular flexibility index (Phi) is 4.77. The molecule has 1 aliphatic heterocycles. The Balaban J connectivity index is 1.76. The van der Waals surface area contributed by atoms with Gasteiger partial charge in [-0.1, -0.05) is 11.6 Å². The van der Waals surface area contributed by atoms with Gasteiger partial charge in [-0.05, 0) is 30.0 Å². The number of nitrogens with zero attached hydrogens (tertiary/aromatic N) is 4. The van der Waals surface area contributed by atoms with E-state index < -0.39 is 11.1 Å². The zero-order valence-electron chi connectivity index (χ0n) is 12.3. The Morgan fingerprint density at radius 2 is 2.17 bits per heavy atom. The third-order valence-corrected chi connectivity index (χ3v) is 4.24. The minimum atomic E-state index is -2.37. The van der Waals surface area contributed by atoms with Crippen LogP contribution in [-0.4, -0.2) is 41.2 Å². The number of carbonyl (C=O) groups excluding carboxylic acids is 1.